The van der Waals surface area contributed by atoms with Crippen LogP contribution in [0.4, 0.5) is 10.1 Å². The van der Waals surface area contributed by atoms with Crippen molar-refractivity contribution in [3.63, 3.8) is 0 Å². The molecule has 0 amide bonds. The average Bonchev–Trinajstić information content (AvgIpc) is 2.73. The third-order valence-electron chi connectivity index (χ3n) is 4.89. The first kappa shape index (κ1) is 20.9. The van der Waals surface area contributed by atoms with E-state index < -0.39 is 21.9 Å². The van der Waals surface area contributed by atoms with E-state index in [0.29, 0.717) is 29.8 Å². The van der Waals surface area contributed by atoms with Crippen LogP contribution in [0.5, 0.6) is 0 Å². The first-order valence-electron chi connectivity index (χ1n) is 9.16. The molecule has 0 unspecified atom stereocenters. The van der Waals surface area contributed by atoms with Crippen LogP contribution in [0.25, 0.3) is 0 Å². The van der Waals surface area contributed by atoms with Gasteiger partial charge in [0.2, 0.25) is 10.0 Å². The molecular formula is C20H22FN3O4S. The van der Waals surface area contributed by atoms with Crippen molar-refractivity contribution in [3.8, 4) is 0 Å². The molecule has 0 radical (unpaired) electrons. The molecule has 154 valence electrons. The van der Waals surface area contributed by atoms with Crippen LogP contribution < -0.4 is 5.43 Å². The number of carbonyl (C=O) groups is 1. The first-order valence-corrected chi connectivity index (χ1v) is 10.6. The van der Waals surface area contributed by atoms with Crippen molar-refractivity contribution >= 4 is 27.4 Å². The third kappa shape index (κ3) is 4.99. The Hall–Kier alpha value is -2.78. The van der Waals surface area contributed by atoms with Crippen molar-refractivity contribution in [2.45, 2.75) is 24.7 Å². The molecule has 29 heavy (non-hydrogen) atoms. The lowest BCUT2D eigenvalue weighted by Crippen LogP contribution is -2.40. The zero-order valence-electron chi connectivity index (χ0n) is 15.9. The van der Waals surface area contributed by atoms with Gasteiger partial charge in [-0.3, -0.25) is 10.2 Å². The Bertz CT molecular complexity index is 1010. The molecule has 2 N–H and O–H groups in total. The number of nitrogens with one attached hydrogen (secondary N) is 1. The summed E-state index contributed by atoms with van der Waals surface area (Å²) in [4.78, 5) is 11.2. The minimum atomic E-state index is -3.72. The number of hydrazone groups is 1. The van der Waals surface area contributed by atoms with Crippen molar-refractivity contribution in [3.05, 3.63) is 59.9 Å². The Morgan fingerprint density at radius 3 is 2.45 bits per heavy atom. The highest BCUT2D eigenvalue weighted by Crippen LogP contribution is 2.24. The largest absolute Gasteiger partial charge is 0.481 e. The lowest BCUT2D eigenvalue weighted by atomic mass is 9.99. The van der Waals surface area contributed by atoms with Crippen molar-refractivity contribution in [1.29, 1.82) is 0 Å². The van der Waals surface area contributed by atoms with Crippen LogP contribution >= 0.6 is 0 Å². The van der Waals surface area contributed by atoms with Crippen LogP contribution in [-0.2, 0) is 14.8 Å². The molecule has 0 aliphatic carbocycles. The SMILES string of the molecule is C/C(=N/Nc1ccc(F)cc1)c1cccc(S(=O)(=O)N2CCC(C(=O)O)CC2)c1. The van der Waals surface area contributed by atoms with Crippen molar-refractivity contribution in [1.82, 2.24) is 4.31 Å². The zero-order valence-corrected chi connectivity index (χ0v) is 16.7. The number of aliphatic carboxylic acids is 1. The number of carboxylic acid groups (broad SMARTS) is 1. The lowest BCUT2D eigenvalue weighted by molar-refractivity contribution is -0.142. The summed E-state index contributed by atoms with van der Waals surface area (Å²) in [7, 11) is -3.72. The Morgan fingerprint density at radius 1 is 1.17 bits per heavy atom. The number of carboxylic acids is 1. The summed E-state index contributed by atoms with van der Waals surface area (Å²) in [6.07, 6.45) is 0.604. The molecule has 1 aliphatic heterocycles. The Labute approximate surface area is 168 Å². The zero-order chi connectivity index (χ0) is 21.0. The smallest absolute Gasteiger partial charge is 0.306 e. The van der Waals surface area contributed by atoms with Crippen molar-refractivity contribution in [2.24, 2.45) is 11.0 Å². The molecule has 1 heterocycles. The van der Waals surface area contributed by atoms with Gasteiger partial charge in [0.1, 0.15) is 5.82 Å². The van der Waals surface area contributed by atoms with Gasteiger partial charge in [0, 0.05) is 13.1 Å². The van der Waals surface area contributed by atoms with Gasteiger partial charge in [0.25, 0.3) is 0 Å². The molecule has 2 aromatic rings. The molecule has 1 aliphatic rings. The molecular weight excluding hydrogens is 397 g/mol. The van der Waals surface area contributed by atoms with E-state index >= 15 is 0 Å². The number of hydrogen-bond acceptors (Lipinski definition) is 5. The standard InChI is InChI=1S/C20H22FN3O4S/c1-14(22-23-18-7-5-17(21)6-8-18)16-3-2-4-19(13-16)29(27,28)24-11-9-15(10-12-24)20(25)26/h2-8,13,15,23H,9-12H2,1H3,(H,25,26)/b22-14-. The molecule has 0 saturated carbocycles. The summed E-state index contributed by atoms with van der Waals surface area (Å²) in [5, 5.41) is 13.3. The fourth-order valence-electron chi connectivity index (χ4n) is 3.11. The predicted octanol–water partition coefficient (Wildman–Crippen LogP) is 3.15. The molecule has 0 spiro atoms. The van der Waals surface area contributed by atoms with Gasteiger partial charge in [-0.25, -0.2) is 12.8 Å². The van der Waals surface area contributed by atoms with E-state index in [9.17, 15) is 17.6 Å². The van der Waals surface area contributed by atoms with Gasteiger partial charge in [-0.15, -0.1) is 0 Å². The molecule has 1 saturated heterocycles. The quantitative estimate of drug-likeness (QED) is 0.554. The molecule has 0 atom stereocenters. The monoisotopic (exact) mass is 419 g/mol. The summed E-state index contributed by atoms with van der Waals surface area (Å²) in [5.41, 5.74) is 4.61. The Morgan fingerprint density at radius 2 is 1.83 bits per heavy atom. The number of anilines is 1. The molecule has 1 fully saturated rings. The number of benzene rings is 2. The predicted molar refractivity (Wildman–Crippen MR) is 108 cm³/mol. The van der Waals surface area contributed by atoms with Crippen molar-refractivity contribution < 1.29 is 22.7 Å². The number of rotatable bonds is 6. The number of nitrogens with zero attached hydrogens (tertiary/aromatic N) is 2. The van der Waals surface area contributed by atoms with E-state index in [4.69, 9.17) is 5.11 Å². The van der Waals surface area contributed by atoms with Crippen LogP contribution in [0, 0.1) is 11.7 Å². The van der Waals surface area contributed by atoms with Crippen LogP contribution in [0.15, 0.2) is 58.5 Å². The maximum Gasteiger partial charge on any atom is 0.306 e. The topological polar surface area (TPSA) is 99.1 Å². The summed E-state index contributed by atoms with van der Waals surface area (Å²) >= 11 is 0. The van der Waals surface area contributed by atoms with Gasteiger partial charge in [-0.05, 0) is 61.7 Å². The van der Waals surface area contributed by atoms with Gasteiger partial charge >= 0.3 is 5.97 Å². The molecule has 2 aromatic carbocycles. The second-order valence-corrected chi connectivity index (χ2v) is 8.80. The molecule has 7 nitrogen and oxygen atoms in total. The highest BCUT2D eigenvalue weighted by atomic mass is 32.2. The molecule has 0 aromatic heterocycles. The number of halogens is 1. The van der Waals surface area contributed by atoms with Crippen molar-refractivity contribution in [2.75, 3.05) is 18.5 Å². The highest BCUT2D eigenvalue weighted by Gasteiger charge is 2.32. The average molecular weight is 419 g/mol. The van der Waals surface area contributed by atoms with Crippen LogP contribution in [-0.4, -0.2) is 42.6 Å². The summed E-state index contributed by atoms with van der Waals surface area (Å²) in [6, 6.07) is 12.2. The fourth-order valence-corrected chi connectivity index (χ4v) is 4.63. The summed E-state index contributed by atoms with van der Waals surface area (Å²) in [5.74, 6) is -1.73. The molecule has 0 bridgehead atoms. The second-order valence-electron chi connectivity index (χ2n) is 6.86. The van der Waals surface area contributed by atoms with E-state index in [1.54, 1.807) is 37.3 Å². The van der Waals surface area contributed by atoms with E-state index in [-0.39, 0.29) is 23.8 Å². The molecule has 3 rings (SSSR count). The second kappa shape index (κ2) is 8.71. The van der Waals surface area contributed by atoms with E-state index in [2.05, 4.69) is 10.5 Å². The number of hydrogen-bond donors (Lipinski definition) is 2. The Balaban J connectivity index is 1.75. The number of sulfonamides is 1. The van der Waals surface area contributed by atoms with Crippen LogP contribution in [0.3, 0.4) is 0 Å². The van der Waals surface area contributed by atoms with Gasteiger partial charge in [0.05, 0.1) is 22.2 Å². The third-order valence-corrected chi connectivity index (χ3v) is 6.78. The van der Waals surface area contributed by atoms with Crippen LogP contribution in [0.2, 0.25) is 0 Å². The molecule has 9 heteroatoms. The van der Waals surface area contributed by atoms with E-state index in [1.165, 1.54) is 22.5 Å². The van der Waals surface area contributed by atoms with Gasteiger partial charge in [-0.2, -0.15) is 9.41 Å². The normalized spacial score (nSPS) is 16.6. The maximum absolute atomic E-state index is 13.0. The number of piperidine rings is 1. The lowest BCUT2D eigenvalue weighted by Gasteiger charge is -2.29. The highest BCUT2D eigenvalue weighted by molar-refractivity contribution is 7.89. The van der Waals surface area contributed by atoms with E-state index in [0.717, 1.165) is 0 Å². The van der Waals surface area contributed by atoms with Gasteiger partial charge in [0.15, 0.2) is 0 Å². The summed E-state index contributed by atoms with van der Waals surface area (Å²) in [6.45, 7) is 2.10. The first-order chi connectivity index (χ1) is 13.8. The van der Waals surface area contributed by atoms with Gasteiger partial charge in [-0.1, -0.05) is 12.1 Å². The minimum Gasteiger partial charge on any atom is -0.481 e. The van der Waals surface area contributed by atoms with Crippen LogP contribution in [0.1, 0.15) is 25.3 Å². The van der Waals surface area contributed by atoms with Gasteiger partial charge < -0.3 is 5.11 Å². The summed E-state index contributed by atoms with van der Waals surface area (Å²) < 4.78 is 40.2. The minimum absolute atomic E-state index is 0.139. The maximum atomic E-state index is 13.0. The fraction of sp³-hybridized carbons (Fsp3) is 0.300. The van der Waals surface area contributed by atoms with E-state index in [1.807, 2.05) is 0 Å². The Kier molecular flexibility index (Phi) is 6.29.